The number of carbonyl (C=O) groups is 2. The SMILES string of the molecule is CSCC[C@H](NC(=O)c1c(F)cccc1Cl)C(=O)O. The molecule has 1 atom stereocenters. The van der Waals surface area contributed by atoms with Crippen molar-refractivity contribution in [3.63, 3.8) is 0 Å². The molecule has 2 N–H and O–H groups in total. The molecule has 0 fully saturated rings. The number of hydrogen-bond acceptors (Lipinski definition) is 3. The summed E-state index contributed by atoms with van der Waals surface area (Å²) in [4.78, 5) is 22.8. The second-order valence-electron chi connectivity index (χ2n) is 3.74. The van der Waals surface area contributed by atoms with Gasteiger partial charge in [0, 0.05) is 0 Å². The Labute approximate surface area is 119 Å². The van der Waals surface area contributed by atoms with Gasteiger partial charge in [-0.15, -0.1) is 0 Å². The first-order valence-corrected chi connectivity index (χ1v) is 7.21. The van der Waals surface area contributed by atoms with Crippen LogP contribution < -0.4 is 5.32 Å². The van der Waals surface area contributed by atoms with Gasteiger partial charge in [-0.2, -0.15) is 11.8 Å². The molecule has 0 bridgehead atoms. The highest BCUT2D eigenvalue weighted by Crippen LogP contribution is 2.19. The van der Waals surface area contributed by atoms with Gasteiger partial charge in [0.05, 0.1) is 10.6 Å². The van der Waals surface area contributed by atoms with Crippen molar-refractivity contribution in [1.82, 2.24) is 5.32 Å². The van der Waals surface area contributed by atoms with Crippen LogP contribution in [0.4, 0.5) is 4.39 Å². The number of thioether (sulfide) groups is 1. The monoisotopic (exact) mass is 305 g/mol. The molecule has 0 radical (unpaired) electrons. The van der Waals surface area contributed by atoms with Crippen molar-refractivity contribution in [2.45, 2.75) is 12.5 Å². The second kappa shape index (κ2) is 7.35. The van der Waals surface area contributed by atoms with E-state index in [0.717, 1.165) is 6.07 Å². The Morgan fingerprint density at radius 3 is 2.74 bits per heavy atom. The van der Waals surface area contributed by atoms with Crippen LogP contribution >= 0.6 is 23.4 Å². The van der Waals surface area contributed by atoms with Gasteiger partial charge in [0.25, 0.3) is 5.91 Å². The maximum absolute atomic E-state index is 13.5. The molecule has 1 aromatic rings. The van der Waals surface area contributed by atoms with Gasteiger partial charge in [0.2, 0.25) is 0 Å². The molecule has 0 saturated heterocycles. The molecular formula is C12H13ClFNO3S. The van der Waals surface area contributed by atoms with Gasteiger partial charge in [0.15, 0.2) is 0 Å². The van der Waals surface area contributed by atoms with E-state index in [1.54, 1.807) is 0 Å². The lowest BCUT2D eigenvalue weighted by molar-refractivity contribution is -0.139. The summed E-state index contributed by atoms with van der Waals surface area (Å²) in [6.07, 6.45) is 2.09. The summed E-state index contributed by atoms with van der Waals surface area (Å²) in [7, 11) is 0. The highest BCUT2D eigenvalue weighted by atomic mass is 35.5. The molecule has 1 rings (SSSR count). The van der Waals surface area contributed by atoms with Crippen LogP contribution in [0.1, 0.15) is 16.8 Å². The molecule has 0 spiro atoms. The number of aliphatic carboxylic acids is 1. The molecule has 0 heterocycles. The van der Waals surface area contributed by atoms with Crippen LogP contribution in [0.25, 0.3) is 0 Å². The highest BCUT2D eigenvalue weighted by molar-refractivity contribution is 7.98. The molecule has 0 saturated carbocycles. The van der Waals surface area contributed by atoms with Crippen molar-refractivity contribution in [2.24, 2.45) is 0 Å². The van der Waals surface area contributed by atoms with Gasteiger partial charge in [-0.05, 0) is 30.6 Å². The van der Waals surface area contributed by atoms with Gasteiger partial charge >= 0.3 is 5.97 Å². The predicted octanol–water partition coefficient (Wildman–Crippen LogP) is 2.42. The van der Waals surface area contributed by atoms with Crippen LogP contribution in [0.5, 0.6) is 0 Å². The van der Waals surface area contributed by atoms with Crippen LogP contribution in [0.2, 0.25) is 5.02 Å². The molecular weight excluding hydrogens is 293 g/mol. The highest BCUT2D eigenvalue weighted by Gasteiger charge is 2.23. The quantitative estimate of drug-likeness (QED) is 0.847. The van der Waals surface area contributed by atoms with E-state index in [2.05, 4.69) is 5.32 Å². The third-order valence-corrected chi connectivity index (χ3v) is 3.36. The number of carbonyl (C=O) groups excluding carboxylic acids is 1. The molecule has 7 heteroatoms. The molecule has 4 nitrogen and oxygen atoms in total. The van der Waals surface area contributed by atoms with Crippen molar-refractivity contribution in [3.05, 3.63) is 34.6 Å². The lowest BCUT2D eigenvalue weighted by Crippen LogP contribution is -2.41. The molecule has 19 heavy (non-hydrogen) atoms. The first-order valence-electron chi connectivity index (χ1n) is 5.44. The summed E-state index contributed by atoms with van der Waals surface area (Å²) < 4.78 is 13.5. The minimum absolute atomic E-state index is 0.0495. The van der Waals surface area contributed by atoms with Gasteiger partial charge in [-0.1, -0.05) is 17.7 Å². The van der Waals surface area contributed by atoms with Crippen LogP contribution in [-0.4, -0.2) is 35.0 Å². The summed E-state index contributed by atoms with van der Waals surface area (Å²) in [6, 6.07) is 2.78. The molecule has 0 aromatic heterocycles. The van der Waals surface area contributed by atoms with Crippen molar-refractivity contribution >= 4 is 35.2 Å². The minimum atomic E-state index is -1.16. The van der Waals surface area contributed by atoms with Gasteiger partial charge in [-0.3, -0.25) is 4.79 Å². The number of nitrogens with one attached hydrogen (secondary N) is 1. The lowest BCUT2D eigenvalue weighted by Gasteiger charge is -2.14. The summed E-state index contributed by atoms with van der Waals surface area (Å²) >= 11 is 7.20. The molecule has 0 aliphatic rings. The smallest absolute Gasteiger partial charge is 0.326 e. The van der Waals surface area contributed by atoms with E-state index in [-0.39, 0.29) is 17.0 Å². The Hall–Kier alpha value is -1.27. The van der Waals surface area contributed by atoms with E-state index in [9.17, 15) is 14.0 Å². The van der Waals surface area contributed by atoms with Crippen molar-refractivity contribution in [1.29, 1.82) is 0 Å². The summed E-state index contributed by atoms with van der Waals surface area (Å²) in [5.74, 6) is -2.19. The van der Waals surface area contributed by atoms with Gasteiger partial charge in [0.1, 0.15) is 11.9 Å². The number of carboxylic acid groups (broad SMARTS) is 1. The first-order chi connectivity index (χ1) is 8.97. The van der Waals surface area contributed by atoms with E-state index in [0.29, 0.717) is 5.75 Å². The zero-order valence-corrected chi connectivity index (χ0v) is 11.7. The number of halogens is 2. The minimum Gasteiger partial charge on any atom is -0.480 e. The van der Waals surface area contributed by atoms with E-state index >= 15 is 0 Å². The Morgan fingerprint density at radius 1 is 1.53 bits per heavy atom. The fraction of sp³-hybridized carbons (Fsp3) is 0.333. The number of amides is 1. The van der Waals surface area contributed by atoms with E-state index < -0.39 is 23.7 Å². The predicted molar refractivity (Wildman–Crippen MR) is 73.3 cm³/mol. The van der Waals surface area contributed by atoms with Crippen molar-refractivity contribution < 1.29 is 19.1 Å². The van der Waals surface area contributed by atoms with Crippen molar-refractivity contribution in [3.8, 4) is 0 Å². The van der Waals surface area contributed by atoms with Crippen LogP contribution in [0.15, 0.2) is 18.2 Å². The Bertz CT molecular complexity index is 464. The first kappa shape index (κ1) is 15.8. The van der Waals surface area contributed by atoms with Gasteiger partial charge < -0.3 is 10.4 Å². The lowest BCUT2D eigenvalue weighted by atomic mass is 10.1. The zero-order chi connectivity index (χ0) is 14.4. The Morgan fingerprint density at radius 2 is 2.21 bits per heavy atom. The number of benzene rings is 1. The van der Waals surface area contributed by atoms with E-state index in [4.69, 9.17) is 16.7 Å². The van der Waals surface area contributed by atoms with Crippen LogP contribution in [0, 0.1) is 5.82 Å². The summed E-state index contributed by atoms with van der Waals surface area (Å²) in [5.41, 5.74) is -0.334. The average molecular weight is 306 g/mol. The molecule has 1 amide bonds. The topological polar surface area (TPSA) is 66.4 Å². The van der Waals surface area contributed by atoms with E-state index in [1.165, 1.54) is 23.9 Å². The molecule has 0 unspecified atom stereocenters. The maximum atomic E-state index is 13.5. The maximum Gasteiger partial charge on any atom is 0.326 e. The van der Waals surface area contributed by atoms with Crippen molar-refractivity contribution in [2.75, 3.05) is 12.0 Å². The molecule has 1 aromatic carbocycles. The van der Waals surface area contributed by atoms with Crippen LogP contribution in [0.3, 0.4) is 0 Å². The third-order valence-electron chi connectivity index (χ3n) is 2.40. The number of hydrogen-bond donors (Lipinski definition) is 2. The zero-order valence-electron chi connectivity index (χ0n) is 10.2. The average Bonchev–Trinajstić information content (AvgIpc) is 2.33. The number of carboxylic acids is 1. The molecule has 0 aliphatic heterocycles. The fourth-order valence-corrected chi connectivity index (χ4v) is 2.16. The standard InChI is InChI=1S/C12H13ClFNO3S/c1-19-6-5-9(12(17)18)15-11(16)10-7(13)3-2-4-8(10)14/h2-4,9H,5-6H2,1H3,(H,15,16)(H,17,18)/t9-/m0/s1. The number of rotatable bonds is 6. The summed E-state index contributed by atoms with van der Waals surface area (Å²) in [6.45, 7) is 0. The third kappa shape index (κ3) is 4.40. The Balaban J connectivity index is 2.85. The Kier molecular flexibility index (Phi) is 6.11. The largest absolute Gasteiger partial charge is 0.480 e. The molecule has 104 valence electrons. The van der Waals surface area contributed by atoms with Gasteiger partial charge in [-0.25, -0.2) is 9.18 Å². The normalized spacial score (nSPS) is 11.9. The molecule has 0 aliphatic carbocycles. The van der Waals surface area contributed by atoms with Crippen LogP contribution in [-0.2, 0) is 4.79 Å². The second-order valence-corrected chi connectivity index (χ2v) is 5.14. The van der Waals surface area contributed by atoms with E-state index in [1.807, 2.05) is 6.26 Å². The fourth-order valence-electron chi connectivity index (χ4n) is 1.44. The summed E-state index contributed by atoms with van der Waals surface area (Å²) in [5, 5.41) is 11.2.